The van der Waals surface area contributed by atoms with Gasteiger partial charge in [0.05, 0.1) is 10.1 Å². The van der Waals surface area contributed by atoms with E-state index in [0.717, 1.165) is 12.1 Å². The van der Waals surface area contributed by atoms with E-state index in [0.29, 0.717) is 0 Å². The van der Waals surface area contributed by atoms with E-state index in [2.05, 4.69) is 0 Å². The molecule has 0 fully saturated rings. The van der Waals surface area contributed by atoms with Crippen LogP contribution in [0.15, 0.2) is 23.1 Å². The normalized spacial score (nSPS) is 27.6. The summed E-state index contributed by atoms with van der Waals surface area (Å²) >= 11 is 0. The lowest BCUT2D eigenvalue weighted by Gasteiger charge is -2.26. The average molecular weight is 242 g/mol. The zero-order valence-corrected chi connectivity index (χ0v) is 9.71. The minimum Gasteiger partial charge on any atom is -0.294 e. The molecule has 0 radical (unpaired) electrons. The quantitative estimate of drug-likeness (QED) is 0.697. The van der Waals surface area contributed by atoms with Crippen LogP contribution < -0.4 is 0 Å². The van der Waals surface area contributed by atoms with Crippen molar-refractivity contribution in [2.75, 3.05) is 0 Å². The Labute approximate surface area is 93.2 Å². The molecule has 0 aromatic heterocycles. The van der Waals surface area contributed by atoms with Gasteiger partial charge in [0.2, 0.25) is 0 Å². The monoisotopic (exact) mass is 242 g/mol. The minimum absolute atomic E-state index is 0.104. The molecule has 5 heteroatoms. The summed E-state index contributed by atoms with van der Waals surface area (Å²) in [5, 5.41) is -0.797. The first-order valence-corrected chi connectivity index (χ1v) is 6.48. The Balaban J connectivity index is 2.79. The molecule has 1 aliphatic rings. The van der Waals surface area contributed by atoms with Gasteiger partial charge in [0, 0.05) is 11.5 Å². The second kappa shape index (κ2) is 3.38. The molecule has 1 heterocycles. The molecule has 1 aromatic rings. The highest BCUT2D eigenvalue weighted by Gasteiger charge is 2.40. The van der Waals surface area contributed by atoms with Gasteiger partial charge < -0.3 is 0 Å². The third-order valence-electron chi connectivity index (χ3n) is 3.12. The fourth-order valence-electron chi connectivity index (χ4n) is 1.86. The van der Waals surface area contributed by atoms with Crippen LogP contribution in [0, 0.1) is 11.7 Å². The number of carbonyl (C=O) groups is 1. The van der Waals surface area contributed by atoms with Crippen molar-refractivity contribution in [3.8, 4) is 0 Å². The van der Waals surface area contributed by atoms with E-state index in [-0.39, 0.29) is 16.2 Å². The van der Waals surface area contributed by atoms with Crippen molar-refractivity contribution in [2.45, 2.75) is 24.0 Å². The van der Waals surface area contributed by atoms with Crippen LogP contribution in [-0.2, 0) is 9.84 Å². The van der Waals surface area contributed by atoms with Crippen molar-refractivity contribution in [1.29, 1.82) is 0 Å². The van der Waals surface area contributed by atoms with E-state index >= 15 is 0 Å². The number of rotatable bonds is 0. The van der Waals surface area contributed by atoms with Gasteiger partial charge in [0.25, 0.3) is 0 Å². The van der Waals surface area contributed by atoms with E-state index in [1.54, 1.807) is 6.92 Å². The molecule has 0 bridgehead atoms. The molecule has 0 saturated carbocycles. The third kappa shape index (κ3) is 1.38. The second-order valence-corrected chi connectivity index (χ2v) is 6.32. The molecule has 0 saturated heterocycles. The third-order valence-corrected chi connectivity index (χ3v) is 5.46. The van der Waals surface area contributed by atoms with E-state index in [9.17, 15) is 17.6 Å². The molecule has 0 aliphatic carbocycles. The first-order chi connectivity index (χ1) is 7.35. The number of sulfone groups is 1. The highest BCUT2D eigenvalue weighted by atomic mass is 32.2. The first kappa shape index (κ1) is 11.3. The summed E-state index contributed by atoms with van der Waals surface area (Å²) in [5.74, 6) is -1.46. The Hall–Kier alpha value is -1.23. The van der Waals surface area contributed by atoms with Crippen LogP contribution in [0.4, 0.5) is 4.39 Å². The summed E-state index contributed by atoms with van der Waals surface area (Å²) in [4.78, 5) is 11.7. The van der Waals surface area contributed by atoms with Gasteiger partial charge in [0.15, 0.2) is 15.6 Å². The van der Waals surface area contributed by atoms with Crippen molar-refractivity contribution in [3.05, 3.63) is 29.6 Å². The van der Waals surface area contributed by atoms with Crippen molar-refractivity contribution in [3.63, 3.8) is 0 Å². The predicted molar refractivity (Wildman–Crippen MR) is 56.5 cm³/mol. The van der Waals surface area contributed by atoms with Gasteiger partial charge in [-0.25, -0.2) is 12.8 Å². The second-order valence-electron chi connectivity index (χ2n) is 4.04. The summed E-state index contributed by atoms with van der Waals surface area (Å²) in [7, 11) is -3.59. The molecule has 1 aliphatic heterocycles. The zero-order chi connectivity index (χ0) is 12.1. The van der Waals surface area contributed by atoms with E-state index in [1.165, 1.54) is 13.0 Å². The van der Waals surface area contributed by atoms with Gasteiger partial charge in [0.1, 0.15) is 5.82 Å². The molecule has 2 unspecified atom stereocenters. The van der Waals surface area contributed by atoms with Crippen molar-refractivity contribution >= 4 is 15.6 Å². The molecule has 0 spiro atoms. The molecule has 0 N–H and O–H groups in total. The molecule has 86 valence electrons. The molecule has 2 atom stereocenters. The minimum atomic E-state index is -3.59. The molecule has 2 rings (SSSR count). The summed E-state index contributed by atoms with van der Waals surface area (Å²) in [5.41, 5.74) is 0.104. The van der Waals surface area contributed by atoms with Crippen LogP contribution in [0.5, 0.6) is 0 Å². The van der Waals surface area contributed by atoms with Crippen LogP contribution in [0.2, 0.25) is 0 Å². The highest BCUT2D eigenvalue weighted by Crippen LogP contribution is 2.33. The maximum absolute atomic E-state index is 13.0. The van der Waals surface area contributed by atoms with Gasteiger partial charge in [-0.05, 0) is 25.1 Å². The lowest BCUT2D eigenvalue weighted by Crippen LogP contribution is -2.37. The summed E-state index contributed by atoms with van der Waals surface area (Å²) < 4.78 is 37.0. The van der Waals surface area contributed by atoms with E-state index in [1.807, 2.05) is 0 Å². The van der Waals surface area contributed by atoms with Gasteiger partial charge in [-0.2, -0.15) is 0 Å². The largest absolute Gasteiger partial charge is 0.294 e. The summed E-state index contributed by atoms with van der Waals surface area (Å²) in [6, 6.07) is 3.27. The molecular formula is C11H11FO3S. The number of carbonyl (C=O) groups excluding carboxylic acids is 1. The molecule has 1 aromatic carbocycles. The first-order valence-electron chi connectivity index (χ1n) is 4.93. The van der Waals surface area contributed by atoms with Gasteiger partial charge in [-0.15, -0.1) is 0 Å². The van der Waals surface area contributed by atoms with Gasteiger partial charge in [-0.3, -0.25) is 4.79 Å². The Morgan fingerprint density at radius 2 is 1.88 bits per heavy atom. The number of hydrogen-bond acceptors (Lipinski definition) is 3. The highest BCUT2D eigenvalue weighted by molar-refractivity contribution is 7.92. The molecule has 3 nitrogen and oxygen atoms in total. The number of halogens is 1. The lowest BCUT2D eigenvalue weighted by molar-refractivity contribution is 0.0920. The summed E-state index contributed by atoms with van der Waals surface area (Å²) in [6.07, 6.45) is 0. The smallest absolute Gasteiger partial charge is 0.182 e. The summed E-state index contributed by atoms with van der Waals surface area (Å²) in [6.45, 7) is 3.06. The van der Waals surface area contributed by atoms with Crippen LogP contribution in [0.1, 0.15) is 24.2 Å². The fraction of sp³-hybridized carbons (Fsp3) is 0.364. The van der Waals surface area contributed by atoms with E-state index in [4.69, 9.17) is 0 Å². The van der Waals surface area contributed by atoms with Crippen LogP contribution in [0.3, 0.4) is 0 Å². The number of Topliss-reactive ketones (excluding diaryl/α,β-unsaturated/α-hetero) is 1. The zero-order valence-electron chi connectivity index (χ0n) is 8.90. The van der Waals surface area contributed by atoms with Gasteiger partial charge >= 0.3 is 0 Å². The fourth-order valence-corrected chi connectivity index (χ4v) is 3.68. The van der Waals surface area contributed by atoms with Crippen LogP contribution >= 0.6 is 0 Å². The molecular weight excluding hydrogens is 231 g/mol. The number of benzene rings is 1. The van der Waals surface area contributed by atoms with Crippen molar-refractivity contribution in [2.24, 2.45) is 5.92 Å². The van der Waals surface area contributed by atoms with Crippen LogP contribution in [0.25, 0.3) is 0 Å². The average Bonchev–Trinajstić information content (AvgIpc) is 2.24. The predicted octanol–water partition coefficient (Wildman–Crippen LogP) is 1.82. The molecule has 16 heavy (non-hydrogen) atoms. The van der Waals surface area contributed by atoms with Crippen LogP contribution in [-0.4, -0.2) is 19.5 Å². The maximum Gasteiger partial charge on any atom is 0.182 e. The van der Waals surface area contributed by atoms with Crippen molar-refractivity contribution < 1.29 is 17.6 Å². The number of hydrogen-bond donors (Lipinski definition) is 0. The lowest BCUT2D eigenvalue weighted by atomic mass is 9.96. The Kier molecular flexibility index (Phi) is 2.38. The van der Waals surface area contributed by atoms with Crippen molar-refractivity contribution in [1.82, 2.24) is 0 Å². The number of fused-ring (bicyclic) bond motifs is 1. The Bertz CT molecular complexity index is 563. The standard InChI is InChI=1S/C11H11FO3S/c1-6-7(2)16(14,15)10-5-8(12)3-4-9(10)11(6)13/h3-7H,1-2H3. The number of ketones is 1. The molecule has 0 amide bonds. The van der Waals surface area contributed by atoms with Gasteiger partial charge in [-0.1, -0.05) is 6.92 Å². The Morgan fingerprint density at radius 1 is 1.25 bits per heavy atom. The topological polar surface area (TPSA) is 51.2 Å². The SMILES string of the molecule is CC1C(=O)c2ccc(F)cc2S(=O)(=O)C1C. The van der Waals surface area contributed by atoms with E-state index < -0.39 is 26.8 Å². The maximum atomic E-state index is 13.0. The Morgan fingerprint density at radius 3 is 2.50 bits per heavy atom.